The normalized spacial score (nSPS) is 32.4. The van der Waals surface area contributed by atoms with E-state index in [1.165, 1.54) is 6.42 Å². The van der Waals surface area contributed by atoms with Crippen LogP contribution in [0.15, 0.2) is 57.8 Å². The van der Waals surface area contributed by atoms with E-state index >= 15 is 0 Å². The first-order chi connectivity index (χ1) is 12.1. The van der Waals surface area contributed by atoms with Crippen LogP contribution in [0.2, 0.25) is 0 Å². The van der Waals surface area contributed by atoms with Crippen molar-refractivity contribution in [2.45, 2.75) is 19.8 Å². The van der Waals surface area contributed by atoms with Crippen LogP contribution in [-0.4, -0.2) is 34.6 Å². The van der Waals surface area contributed by atoms with E-state index in [-0.39, 0.29) is 0 Å². The van der Waals surface area contributed by atoms with E-state index < -0.39 is 11.9 Å². The monoisotopic (exact) mass is 333 g/mol. The average Bonchev–Trinajstić information content (AvgIpc) is 3.33. The third-order valence-electron chi connectivity index (χ3n) is 5.18. The number of aliphatic carboxylic acids is 1. The Morgan fingerprint density at radius 3 is 3.16 bits per heavy atom. The van der Waals surface area contributed by atoms with Gasteiger partial charge in [-0.05, 0) is 41.9 Å². The molecule has 5 heteroatoms. The minimum Gasteiger partial charge on any atom is -0.480 e. The van der Waals surface area contributed by atoms with E-state index in [4.69, 9.17) is 0 Å². The number of rotatable bonds is 3. The van der Waals surface area contributed by atoms with Crippen LogP contribution in [0.5, 0.6) is 0 Å². The molecule has 4 aliphatic rings. The maximum Gasteiger partial charge on any atom is 0.325 e. The number of aliphatic imine (C=N–C) groups is 1. The van der Waals surface area contributed by atoms with E-state index in [0.29, 0.717) is 23.6 Å². The highest BCUT2D eigenvalue weighted by Crippen LogP contribution is 2.56. The van der Waals surface area contributed by atoms with Crippen LogP contribution in [-0.2, 0) is 4.79 Å². The zero-order valence-corrected chi connectivity index (χ0v) is 14.0. The minimum atomic E-state index is -0.983. The van der Waals surface area contributed by atoms with Gasteiger partial charge in [0.15, 0.2) is 5.92 Å². The predicted octanol–water partition coefficient (Wildman–Crippen LogP) is 2.76. The molecule has 0 spiro atoms. The van der Waals surface area contributed by atoms with Gasteiger partial charge >= 0.3 is 5.97 Å². The second kappa shape index (κ2) is 5.89. The molecule has 25 heavy (non-hydrogen) atoms. The standard InChI is InChI=1S/C20H19N3O2/c1-20-9-7-16(6-5-15(20)12-20)23-11-8-17(19(24)25)18(22-23)14-4-2-3-10-21-13-14/h2-4,6-7,9-10,15,17H,5,12-13H2,1H3,(H,24,25). The van der Waals surface area contributed by atoms with Gasteiger partial charge in [-0.1, -0.05) is 37.1 Å². The Morgan fingerprint density at radius 1 is 1.44 bits per heavy atom. The molecule has 2 aliphatic carbocycles. The lowest BCUT2D eigenvalue weighted by molar-refractivity contribution is -0.137. The van der Waals surface area contributed by atoms with Crippen LogP contribution in [0, 0.1) is 29.2 Å². The Labute approximate surface area is 146 Å². The Kier molecular flexibility index (Phi) is 3.69. The van der Waals surface area contributed by atoms with Crippen LogP contribution in [0.4, 0.5) is 0 Å². The van der Waals surface area contributed by atoms with Crippen LogP contribution < -0.4 is 0 Å². The fraction of sp³-hybridized carbons (Fsp3) is 0.350. The lowest BCUT2D eigenvalue weighted by atomic mass is 9.96. The Balaban J connectivity index is 1.67. The molecule has 2 aliphatic heterocycles. The van der Waals surface area contributed by atoms with Crippen molar-refractivity contribution < 1.29 is 9.90 Å². The predicted molar refractivity (Wildman–Crippen MR) is 96.8 cm³/mol. The van der Waals surface area contributed by atoms with Crippen molar-refractivity contribution >= 4 is 17.9 Å². The highest BCUT2D eigenvalue weighted by Gasteiger charge is 2.47. The molecule has 1 N–H and O–H groups in total. The smallest absolute Gasteiger partial charge is 0.325 e. The van der Waals surface area contributed by atoms with Crippen molar-refractivity contribution in [1.82, 2.24) is 5.01 Å². The van der Waals surface area contributed by atoms with Gasteiger partial charge in [-0.2, -0.15) is 10.1 Å². The van der Waals surface area contributed by atoms with Gasteiger partial charge in [0.05, 0.1) is 18.0 Å². The molecule has 1 fully saturated rings. The number of hydrazone groups is 1. The third-order valence-corrected chi connectivity index (χ3v) is 5.18. The molecule has 3 unspecified atom stereocenters. The second-order valence-corrected chi connectivity index (χ2v) is 7.00. The van der Waals surface area contributed by atoms with Gasteiger partial charge in [-0.25, -0.2) is 0 Å². The summed E-state index contributed by atoms with van der Waals surface area (Å²) in [4.78, 5) is 15.9. The first-order valence-corrected chi connectivity index (χ1v) is 8.45. The summed E-state index contributed by atoms with van der Waals surface area (Å²) in [5, 5.41) is 15.7. The number of carbonyl (C=O) groups is 1. The number of allylic oxidation sites excluding steroid dienone is 6. The molecule has 0 aromatic rings. The number of hydrogen-bond donors (Lipinski definition) is 1. The summed E-state index contributed by atoms with van der Waals surface area (Å²) in [6.07, 6.45) is 15.9. The molecule has 0 radical (unpaired) electrons. The minimum absolute atomic E-state index is 0.293. The van der Waals surface area contributed by atoms with Crippen molar-refractivity contribution in [3.8, 4) is 12.0 Å². The van der Waals surface area contributed by atoms with E-state index in [9.17, 15) is 9.90 Å². The number of nitrogens with zero attached hydrogens (tertiary/aromatic N) is 3. The summed E-state index contributed by atoms with van der Waals surface area (Å²) >= 11 is 0. The lowest BCUT2D eigenvalue weighted by Gasteiger charge is -2.22. The van der Waals surface area contributed by atoms with Crippen molar-refractivity contribution in [2.24, 2.45) is 27.3 Å². The summed E-state index contributed by atoms with van der Waals surface area (Å²) in [7, 11) is 0. The quantitative estimate of drug-likeness (QED) is 0.808. The van der Waals surface area contributed by atoms with E-state index in [1.807, 2.05) is 18.2 Å². The van der Waals surface area contributed by atoms with Crippen molar-refractivity contribution in [2.75, 3.05) is 6.54 Å². The first kappa shape index (κ1) is 15.6. The zero-order chi connectivity index (χ0) is 17.4. The van der Waals surface area contributed by atoms with Crippen LogP contribution in [0.25, 0.3) is 0 Å². The topological polar surface area (TPSA) is 65.3 Å². The van der Waals surface area contributed by atoms with Crippen molar-refractivity contribution in [1.29, 1.82) is 0 Å². The highest BCUT2D eigenvalue weighted by molar-refractivity contribution is 6.14. The van der Waals surface area contributed by atoms with Gasteiger partial charge in [-0.15, -0.1) is 0 Å². The van der Waals surface area contributed by atoms with E-state index in [2.05, 4.69) is 47.2 Å². The molecule has 3 atom stereocenters. The van der Waals surface area contributed by atoms with Crippen molar-refractivity contribution in [3.05, 3.63) is 47.7 Å². The molecule has 0 saturated heterocycles. The maximum atomic E-state index is 11.6. The van der Waals surface area contributed by atoms with Gasteiger partial charge in [0.1, 0.15) is 0 Å². The summed E-state index contributed by atoms with van der Waals surface area (Å²) in [6, 6.07) is 2.89. The van der Waals surface area contributed by atoms with Crippen LogP contribution >= 0.6 is 0 Å². The van der Waals surface area contributed by atoms with Gasteiger partial charge in [0.25, 0.3) is 0 Å². The molecular formula is C20H19N3O2. The number of carboxylic acids is 1. The van der Waals surface area contributed by atoms with Crippen LogP contribution in [0.1, 0.15) is 19.8 Å². The number of hydrogen-bond acceptors (Lipinski definition) is 4. The molecule has 4 rings (SSSR count). The first-order valence-electron chi connectivity index (χ1n) is 8.45. The number of carboxylic acid groups (broad SMARTS) is 1. The molecule has 0 bridgehead atoms. The summed E-state index contributed by atoms with van der Waals surface area (Å²) in [5.74, 6) is 1.62. The van der Waals surface area contributed by atoms with E-state index in [1.54, 1.807) is 11.2 Å². The Hall–Kier alpha value is -2.87. The molecule has 5 nitrogen and oxygen atoms in total. The van der Waals surface area contributed by atoms with Gasteiger partial charge in [-0.3, -0.25) is 9.79 Å². The van der Waals surface area contributed by atoms with Gasteiger partial charge < -0.3 is 5.11 Å². The van der Waals surface area contributed by atoms with Gasteiger partial charge in [0.2, 0.25) is 0 Å². The largest absolute Gasteiger partial charge is 0.480 e. The third kappa shape index (κ3) is 2.96. The highest BCUT2D eigenvalue weighted by atomic mass is 16.4. The zero-order valence-electron chi connectivity index (χ0n) is 14.0. The summed E-state index contributed by atoms with van der Waals surface area (Å²) in [6.45, 7) is 2.67. The Morgan fingerprint density at radius 2 is 2.32 bits per heavy atom. The molecule has 0 aromatic carbocycles. The SMILES string of the molecule is CC12C=CC(N3C#CC(C(=O)O)C(C4=CC=CC=NC4)=N3)=CCC1C2. The van der Waals surface area contributed by atoms with Crippen LogP contribution in [0.3, 0.4) is 0 Å². The fourth-order valence-electron chi connectivity index (χ4n) is 3.38. The van der Waals surface area contributed by atoms with Gasteiger partial charge in [0, 0.05) is 12.3 Å². The second-order valence-electron chi connectivity index (χ2n) is 7.00. The maximum absolute atomic E-state index is 11.6. The molecule has 126 valence electrons. The van der Waals surface area contributed by atoms with E-state index in [0.717, 1.165) is 17.7 Å². The number of fused-ring (bicyclic) bond motifs is 1. The fourth-order valence-corrected chi connectivity index (χ4v) is 3.38. The molecule has 2 heterocycles. The molecule has 0 aromatic heterocycles. The molecule has 1 saturated carbocycles. The summed E-state index contributed by atoms with van der Waals surface area (Å²) < 4.78 is 0. The molecular weight excluding hydrogens is 314 g/mol. The Bertz CT molecular complexity index is 863. The average molecular weight is 333 g/mol. The molecule has 0 amide bonds. The van der Waals surface area contributed by atoms with Crippen molar-refractivity contribution in [3.63, 3.8) is 0 Å². The summed E-state index contributed by atoms with van der Waals surface area (Å²) in [5.41, 5.74) is 2.45. The lowest BCUT2D eigenvalue weighted by Crippen LogP contribution is -2.31.